The number of hydrogen-bond donors (Lipinski definition) is 0. The van der Waals surface area contributed by atoms with Crippen molar-refractivity contribution in [2.45, 2.75) is 103 Å². The molecule has 0 bridgehead atoms. The summed E-state index contributed by atoms with van der Waals surface area (Å²) in [5.74, 6) is 0. The van der Waals surface area contributed by atoms with Gasteiger partial charge in [-0.25, -0.2) is 9.79 Å². The fraction of sp³-hybridized carbons (Fsp3) is 0.708. The highest BCUT2D eigenvalue weighted by Crippen LogP contribution is 2.14. The molecule has 2 heteroatoms. The quantitative estimate of drug-likeness (QED) is 0.153. The zero-order chi connectivity index (χ0) is 18.5. The Morgan fingerprint density at radius 1 is 0.577 bits per heavy atom. The van der Waals surface area contributed by atoms with Gasteiger partial charge in [-0.3, -0.25) is 0 Å². The molecule has 0 atom stereocenters. The van der Waals surface area contributed by atoms with Crippen molar-refractivity contribution in [3.63, 3.8) is 0 Å². The van der Waals surface area contributed by atoms with E-state index in [-0.39, 0.29) is 0 Å². The first-order valence-electron chi connectivity index (χ1n) is 11.0. The molecule has 0 aliphatic heterocycles. The summed E-state index contributed by atoms with van der Waals surface area (Å²) in [4.78, 5) is 13.5. The lowest BCUT2D eigenvalue weighted by Gasteiger charge is -2.04. The molecule has 0 unspecified atom stereocenters. The van der Waals surface area contributed by atoms with Gasteiger partial charge in [0, 0.05) is 0 Å². The number of hydrogen-bond acceptors (Lipinski definition) is 2. The van der Waals surface area contributed by atoms with Gasteiger partial charge in [0.15, 0.2) is 0 Å². The summed E-state index contributed by atoms with van der Waals surface area (Å²) in [6.45, 7) is 0.663. The van der Waals surface area contributed by atoms with Crippen LogP contribution in [0.2, 0.25) is 0 Å². The molecule has 0 saturated carbocycles. The third-order valence-corrected chi connectivity index (χ3v) is 5.14. The first-order chi connectivity index (χ1) is 12.9. The van der Waals surface area contributed by atoms with Gasteiger partial charge >= 0.3 is 0 Å². The van der Waals surface area contributed by atoms with Crippen LogP contribution in [0.15, 0.2) is 35.3 Å². The molecule has 0 spiro atoms. The second kappa shape index (κ2) is 18.4. The zero-order valence-corrected chi connectivity index (χ0v) is 16.8. The molecular formula is C24H39NO. The number of aliphatic imine (C=N–C) groups is 1. The van der Waals surface area contributed by atoms with Crippen LogP contribution in [-0.2, 0) is 11.2 Å². The van der Waals surface area contributed by atoms with E-state index in [2.05, 4.69) is 35.3 Å². The maximum atomic E-state index is 9.92. The Bertz CT molecular complexity index is 451. The summed E-state index contributed by atoms with van der Waals surface area (Å²) in [6.07, 6.45) is 23.2. The largest absolute Gasteiger partial charge is 0.234 e. The smallest absolute Gasteiger partial charge is 0.211 e. The maximum Gasteiger partial charge on any atom is 0.234 e. The molecule has 0 aliphatic rings. The fourth-order valence-electron chi connectivity index (χ4n) is 3.51. The van der Waals surface area contributed by atoms with Crippen molar-refractivity contribution in [2.75, 3.05) is 6.54 Å². The summed E-state index contributed by atoms with van der Waals surface area (Å²) in [5, 5.41) is 0. The Hall–Kier alpha value is -1.40. The summed E-state index contributed by atoms with van der Waals surface area (Å²) in [6, 6.07) is 10.9. The number of unbranched alkanes of at least 4 members (excludes halogenated alkanes) is 14. The predicted molar refractivity (Wildman–Crippen MR) is 112 cm³/mol. The lowest BCUT2D eigenvalue weighted by atomic mass is 10.0. The fourth-order valence-corrected chi connectivity index (χ4v) is 3.51. The second-order valence-electron chi connectivity index (χ2n) is 7.51. The molecule has 146 valence electrons. The van der Waals surface area contributed by atoms with Crippen molar-refractivity contribution in [1.82, 2.24) is 0 Å². The molecule has 0 amide bonds. The molecule has 1 rings (SSSR count). The third-order valence-electron chi connectivity index (χ3n) is 5.14. The highest BCUT2D eigenvalue weighted by molar-refractivity contribution is 5.32. The zero-order valence-electron chi connectivity index (χ0n) is 16.8. The Labute approximate surface area is 161 Å². The van der Waals surface area contributed by atoms with E-state index in [4.69, 9.17) is 0 Å². The van der Waals surface area contributed by atoms with Crippen LogP contribution in [0, 0.1) is 0 Å². The highest BCUT2D eigenvalue weighted by Gasteiger charge is 1.95. The van der Waals surface area contributed by atoms with E-state index in [9.17, 15) is 4.79 Å². The van der Waals surface area contributed by atoms with Gasteiger partial charge in [-0.05, 0) is 24.8 Å². The molecule has 1 aromatic carbocycles. The molecule has 0 radical (unpaired) electrons. The van der Waals surface area contributed by atoms with Crippen LogP contribution in [0.3, 0.4) is 0 Å². The van der Waals surface area contributed by atoms with Crippen LogP contribution in [0.25, 0.3) is 0 Å². The number of isocyanates is 1. The van der Waals surface area contributed by atoms with Gasteiger partial charge in [-0.15, -0.1) is 0 Å². The van der Waals surface area contributed by atoms with Crippen molar-refractivity contribution in [1.29, 1.82) is 0 Å². The topological polar surface area (TPSA) is 29.4 Å². The Balaban J connectivity index is 1.70. The monoisotopic (exact) mass is 357 g/mol. The second-order valence-corrected chi connectivity index (χ2v) is 7.51. The van der Waals surface area contributed by atoms with Crippen LogP contribution < -0.4 is 0 Å². The Kier molecular flexibility index (Phi) is 16.0. The minimum absolute atomic E-state index is 0.663. The van der Waals surface area contributed by atoms with Crippen molar-refractivity contribution in [2.24, 2.45) is 4.99 Å². The Morgan fingerprint density at radius 3 is 1.46 bits per heavy atom. The average molecular weight is 358 g/mol. The first-order valence-corrected chi connectivity index (χ1v) is 11.0. The van der Waals surface area contributed by atoms with Gasteiger partial charge in [-0.2, -0.15) is 0 Å². The van der Waals surface area contributed by atoms with Crippen LogP contribution in [-0.4, -0.2) is 12.6 Å². The van der Waals surface area contributed by atoms with E-state index >= 15 is 0 Å². The van der Waals surface area contributed by atoms with Crippen molar-refractivity contribution in [3.05, 3.63) is 35.9 Å². The number of nitrogens with zero attached hydrogens (tertiary/aromatic N) is 1. The maximum absolute atomic E-state index is 9.92. The summed E-state index contributed by atoms with van der Waals surface area (Å²) < 4.78 is 0. The van der Waals surface area contributed by atoms with E-state index in [1.54, 1.807) is 6.08 Å². The molecular weight excluding hydrogens is 318 g/mol. The minimum atomic E-state index is 0.663. The van der Waals surface area contributed by atoms with Crippen molar-refractivity contribution in [3.8, 4) is 0 Å². The lowest BCUT2D eigenvalue weighted by molar-refractivity contribution is 0.530. The number of carbonyl (C=O) groups excluding carboxylic acids is 1. The van der Waals surface area contributed by atoms with Gasteiger partial charge in [0.25, 0.3) is 0 Å². The average Bonchev–Trinajstić information content (AvgIpc) is 2.68. The molecule has 0 heterocycles. The molecule has 0 saturated heterocycles. The Morgan fingerprint density at radius 2 is 1.00 bits per heavy atom. The van der Waals surface area contributed by atoms with Crippen LogP contribution in [0.1, 0.15) is 102 Å². The molecule has 0 aromatic heterocycles. The minimum Gasteiger partial charge on any atom is -0.211 e. The summed E-state index contributed by atoms with van der Waals surface area (Å²) >= 11 is 0. The van der Waals surface area contributed by atoms with E-state index in [0.29, 0.717) is 6.54 Å². The van der Waals surface area contributed by atoms with Gasteiger partial charge in [0.2, 0.25) is 6.08 Å². The van der Waals surface area contributed by atoms with Crippen molar-refractivity contribution >= 4 is 6.08 Å². The molecule has 26 heavy (non-hydrogen) atoms. The summed E-state index contributed by atoms with van der Waals surface area (Å²) in [7, 11) is 0. The third kappa shape index (κ3) is 14.9. The number of aryl methyl sites for hydroxylation is 1. The van der Waals surface area contributed by atoms with Gasteiger partial charge in [0.05, 0.1) is 6.54 Å². The van der Waals surface area contributed by atoms with Crippen LogP contribution in [0.4, 0.5) is 0 Å². The SMILES string of the molecule is O=C=NCCCCCCCCCCCCCCCCCc1ccccc1. The molecule has 0 aliphatic carbocycles. The number of benzene rings is 1. The van der Waals surface area contributed by atoms with E-state index in [1.807, 2.05) is 0 Å². The summed E-state index contributed by atoms with van der Waals surface area (Å²) in [5.41, 5.74) is 1.49. The van der Waals surface area contributed by atoms with Crippen LogP contribution >= 0.6 is 0 Å². The first kappa shape index (κ1) is 22.6. The molecule has 1 aromatic rings. The predicted octanol–water partition coefficient (Wildman–Crippen LogP) is 7.42. The van der Waals surface area contributed by atoms with Crippen LogP contribution in [0.5, 0.6) is 0 Å². The normalized spacial score (nSPS) is 10.6. The van der Waals surface area contributed by atoms with Crippen molar-refractivity contribution < 1.29 is 4.79 Å². The highest BCUT2D eigenvalue weighted by atomic mass is 16.1. The van der Waals surface area contributed by atoms with E-state index in [1.165, 1.54) is 102 Å². The molecule has 0 fully saturated rings. The molecule has 0 N–H and O–H groups in total. The lowest BCUT2D eigenvalue weighted by Crippen LogP contribution is -1.86. The molecule has 2 nitrogen and oxygen atoms in total. The van der Waals surface area contributed by atoms with Gasteiger partial charge in [-0.1, -0.05) is 114 Å². The number of rotatable bonds is 18. The van der Waals surface area contributed by atoms with Gasteiger partial charge < -0.3 is 0 Å². The van der Waals surface area contributed by atoms with E-state index < -0.39 is 0 Å². The standard InChI is InChI=1S/C24H39NO/c26-23-25-22-18-13-11-9-7-5-3-1-2-4-6-8-10-12-15-19-24-20-16-14-17-21-24/h14,16-17,20-21H,1-13,15,18-19,22H2. The van der Waals surface area contributed by atoms with Gasteiger partial charge in [0.1, 0.15) is 0 Å². The van der Waals surface area contributed by atoms with E-state index in [0.717, 1.165) is 6.42 Å².